The molecule has 0 amide bonds. The Hall–Kier alpha value is -0.590. The van der Waals surface area contributed by atoms with E-state index in [1.807, 2.05) is 11.8 Å². The van der Waals surface area contributed by atoms with Crippen LogP contribution in [0, 0.1) is 0 Å². The molecule has 5 nitrogen and oxygen atoms in total. The molecular formula is C14H22N4OS. The van der Waals surface area contributed by atoms with Gasteiger partial charge in [-0.15, -0.1) is 10.2 Å². The number of morpholine rings is 1. The molecule has 1 aliphatic heterocycles. The van der Waals surface area contributed by atoms with Crippen LogP contribution in [0.4, 0.5) is 0 Å². The molecule has 2 heterocycles. The van der Waals surface area contributed by atoms with Crippen molar-refractivity contribution in [3.05, 3.63) is 5.82 Å². The second-order valence-electron chi connectivity index (χ2n) is 6.02. The second kappa shape index (κ2) is 5.66. The SMILES string of the molecule is C1CN(CCSc2nnc(C3CC3)n2C2CC2)CCO1. The number of nitrogens with zero attached hydrogens (tertiary/aromatic N) is 4. The third-order valence-corrected chi connectivity index (χ3v) is 5.21. The molecule has 0 unspecified atom stereocenters. The Balaban J connectivity index is 1.36. The van der Waals surface area contributed by atoms with E-state index in [0.717, 1.165) is 43.8 Å². The van der Waals surface area contributed by atoms with Gasteiger partial charge in [0.25, 0.3) is 0 Å². The van der Waals surface area contributed by atoms with Crippen molar-refractivity contribution < 1.29 is 4.74 Å². The van der Waals surface area contributed by atoms with Gasteiger partial charge in [0.1, 0.15) is 5.82 Å². The van der Waals surface area contributed by atoms with E-state index in [9.17, 15) is 0 Å². The molecular weight excluding hydrogens is 272 g/mol. The fourth-order valence-electron chi connectivity index (χ4n) is 2.77. The van der Waals surface area contributed by atoms with Crippen molar-refractivity contribution in [3.8, 4) is 0 Å². The van der Waals surface area contributed by atoms with Crippen LogP contribution in [-0.2, 0) is 4.74 Å². The lowest BCUT2D eigenvalue weighted by molar-refractivity contribution is 0.0410. The summed E-state index contributed by atoms with van der Waals surface area (Å²) in [6.07, 6.45) is 5.25. The first kappa shape index (κ1) is 13.1. The van der Waals surface area contributed by atoms with Crippen molar-refractivity contribution in [2.75, 3.05) is 38.6 Å². The Morgan fingerprint density at radius 3 is 2.60 bits per heavy atom. The van der Waals surface area contributed by atoms with Gasteiger partial charge in [0.2, 0.25) is 0 Å². The van der Waals surface area contributed by atoms with Crippen LogP contribution < -0.4 is 0 Å². The molecule has 1 saturated heterocycles. The molecule has 0 bridgehead atoms. The van der Waals surface area contributed by atoms with Crippen molar-refractivity contribution in [2.45, 2.75) is 42.8 Å². The summed E-state index contributed by atoms with van der Waals surface area (Å²) < 4.78 is 7.83. The molecule has 0 aromatic carbocycles. The Kier molecular flexibility index (Phi) is 3.70. The molecule has 0 spiro atoms. The van der Waals surface area contributed by atoms with E-state index in [1.54, 1.807) is 0 Å². The van der Waals surface area contributed by atoms with Crippen LogP contribution in [0.3, 0.4) is 0 Å². The Labute approximate surface area is 124 Å². The first-order valence-corrected chi connectivity index (χ1v) is 8.78. The lowest BCUT2D eigenvalue weighted by atomic mass is 10.4. The van der Waals surface area contributed by atoms with Gasteiger partial charge in [-0.3, -0.25) is 4.90 Å². The van der Waals surface area contributed by atoms with Crippen LogP contribution in [0.2, 0.25) is 0 Å². The molecule has 3 aliphatic rings. The quantitative estimate of drug-likeness (QED) is 0.750. The fourth-order valence-corrected chi connectivity index (χ4v) is 3.79. The average Bonchev–Trinajstić information content (AvgIpc) is 3.40. The van der Waals surface area contributed by atoms with Crippen LogP contribution in [0.1, 0.15) is 43.5 Å². The van der Waals surface area contributed by atoms with E-state index >= 15 is 0 Å². The third-order valence-electron chi connectivity index (χ3n) is 4.29. The van der Waals surface area contributed by atoms with Crippen molar-refractivity contribution >= 4 is 11.8 Å². The Bertz CT molecular complexity index is 464. The molecule has 2 saturated carbocycles. The van der Waals surface area contributed by atoms with Crippen molar-refractivity contribution in [1.82, 2.24) is 19.7 Å². The number of hydrogen-bond acceptors (Lipinski definition) is 5. The van der Waals surface area contributed by atoms with Gasteiger partial charge in [0.05, 0.1) is 13.2 Å². The number of ether oxygens (including phenoxy) is 1. The molecule has 0 radical (unpaired) electrons. The van der Waals surface area contributed by atoms with E-state index in [4.69, 9.17) is 4.74 Å². The third kappa shape index (κ3) is 2.87. The first-order chi connectivity index (χ1) is 9.92. The molecule has 4 rings (SSSR count). The second-order valence-corrected chi connectivity index (χ2v) is 7.08. The zero-order chi connectivity index (χ0) is 13.4. The zero-order valence-corrected chi connectivity index (χ0v) is 12.6. The van der Waals surface area contributed by atoms with Gasteiger partial charge in [0, 0.05) is 37.3 Å². The van der Waals surface area contributed by atoms with Crippen LogP contribution in [0.5, 0.6) is 0 Å². The van der Waals surface area contributed by atoms with Gasteiger partial charge in [0.15, 0.2) is 5.16 Å². The summed E-state index contributed by atoms with van der Waals surface area (Å²) in [5, 5.41) is 10.1. The first-order valence-electron chi connectivity index (χ1n) is 7.79. The van der Waals surface area contributed by atoms with E-state index < -0.39 is 0 Å². The van der Waals surface area contributed by atoms with Crippen molar-refractivity contribution in [1.29, 1.82) is 0 Å². The molecule has 0 atom stereocenters. The maximum absolute atomic E-state index is 5.38. The monoisotopic (exact) mass is 294 g/mol. The Morgan fingerprint density at radius 1 is 1.10 bits per heavy atom. The highest BCUT2D eigenvalue weighted by atomic mass is 32.2. The summed E-state index contributed by atoms with van der Waals surface area (Å²) in [6, 6.07) is 0.700. The molecule has 0 N–H and O–H groups in total. The van der Waals surface area contributed by atoms with E-state index in [-0.39, 0.29) is 0 Å². The fraction of sp³-hybridized carbons (Fsp3) is 0.857. The number of hydrogen-bond donors (Lipinski definition) is 0. The molecule has 1 aromatic rings. The molecule has 6 heteroatoms. The highest BCUT2D eigenvalue weighted by Crippen LogP contribution is 2.45. The number of aromatic nitrogens is 3. The van der Waals surface area contributed by atoms with E-state index in [1.165, 1.54) is 31.5 Å². The van der Waals surface area contributed by atoms with Gasteiger partial charge < -0.3 is 9.30 Å². The topological polar surface area (TPSA) is 43.2 Å². The van der Waals surface area contributed by atoms with Crippen molar-refractivity contribution in [2.24, 2.45) is 0 Å². The predicted molar refractivity (Wildman–Crippen MR) is 78.3 cm³/mol. The van der Waals surface area contributed by atoms with Gasteiger partial charge >= 0.3 is 0 Å². The highest BCUT2D eigenvalue weighted by Gasteiger charge is 2.36. The van der Waals surface area contributed by atoms with Crippen LogP contribution in [0.15, 0.2) is 5.16 Å². The smallest absolute Gasteiger partial charge is 0.191 e. The largest absolute Gasteiger partial charge is 0.379 e. The summed E-state index contributed by atoms with van der Waals surface area (Å²) in [4.78, 5) is 2.48. The van der Waals surface area contributed by atoms with Gasteiger partial charge in [-0.2, -0.15) is 0 Å². The minimum absolute atomic E-state index is 0.700. The summed E-state index contributed by atoms with van der Waals surface area (Å²) in [6.45, 7) is 5.04. The van der Waals surface area contributed by atoms with Crippen LogP contribution >= 0.6 is 11.8 Å². The predicted octanol–water partition coefficient (Wildman–Crippen LogP) is 1.91. The average molecular weight is 294 g/mol. The molecule has 110 valence electrons. The normalized spacial score (nSPS) is 24.2. The van der Waals surface area contributed by atoms with E-state index in [0.29, 0.717) is 12.0 Å². The number of rotatable bonds is 6. The maximum atomic E-state index is 5.38. The highest BCUT2D eigenvalue weighted by molar-refractivity contribution is 7.99. The summed E-state index contributed by atoms with van der Waals surface area (Å²) in [7, 11) is 0. The lowest BCUT2D eigenvalue weighted by Gasteiger charge is -2.26. The molecule has 2 aliphatic carbocycles. The lowest BCUT2D eigenvalue weighted by Crippen LogP contribution is -2.37. The molecule has 1 aromatic heterocycles. The number of thioether (sulfide) groups is 1. The van der Waals surface area contributed by atoms with Gasteiger partial charge in [-0.25, -0.2) is 0 Å². The molecule has 3 fully saturated rings. The van der Waals surface area contributed by atoms with Crippen LogP contribution in [0.25, 0.3) is 0 Å². The zero-order valence-electron chi connectivity index (χ0n) is 11.8. The summed E-state index contributed by atoms with van der Waals surface area (Å²) in [5.74, 6) is 3.08. The Morgan fingerprint density at radius 2 is 1.90 bits per heavy atom. The molecule has 20 heavy (non-hydrogen) atoms. The summed E-state index contributed by atoms with van der Waals surface area (Å²) in [5.41, 5.74) is 0. The van der Waals surface area contributed by atoms with E-state index in [2.05, 4.69) is 19.7 Å². The summed E-state index contributed by atoms with van der Waals surface area (Å²) >= 11 is 1.88. The minimum atomic E-state index is 0.700. The van der Waals surface area contributed by atoms with Crippen molar-refractivity contribution in [3.63, 3.8) is 0 Å². The van der Waals surface area contributed by atoms with Crippen LogP contribution in [-0.4, -0.2) is 58.3 Å². The van der Waals surface area contributed by atoms with Gasteiger partial charge in [-0.1, -0.05) is 11.8 Å². The standard InChI is InChI=1S/C14H22N4OS/c1-2-11(1)13-15-16-14(18(13)12-3-4-12)20-10-7-17-5-8-19-9-6-17/h11-12H,1-10H2. The van der Waals surface area contributed by atoms with Gasteiger partial charge in [-0.05, 0) is 25.7 Å². The minimum Gasteiger partial charge on any atom is -0.379 e. The maximum Gasteiger partial charge on any atom is 0.191 e.